The Morgan fingerprint density at radius 3 is 2.44 bits per heavy atom. The van der Waals surface area contributed by atoms with Crippen molar-refractivity contribution in [1.82, 2.24) is 4.98 Å². The van der Waals surface area contributed by atoms with Crippen LogP contribution in [-0.4, -0.2) is 17.7 Å². The van der Waals surface area contributed by atoms with Gasteiger partial charge >= 0.3 is 0 Å². The van der Waals surface area contributed by atoms with Gasteiger partial charge in [0.1, 0.15) is 0 Å². The van der Waals surface area contributed by atoms with Crippen LogP contribution in [0.15, 0.2) is 66.9 Å². The van der Waals surface area contributed by atoms with Crippen molar-refractivity contribution in [3.8, 4) is 22.8 Å². The van der Waals surface area contributed by atoms with Crippen LogP contribution >= 0.6 is 0 Å². The van der Waals surface area contributed by atoms with Gasteiger partial charge in [0.05, 0.1) is 23.3 Å². The Morgan fingerprint density at radius 1 is 0.926 bits per heavy atom. The van der Waals surface area contributed by atoms with Crippen molar-refractivity contribution < 1.29 is 14.3 Å². The van der Waals surface area contributed by atoms with Crippen LogP contribution in [0.2, 0.25) is 0 Å². The quantitative estimate of drug-likeness (QED) is 0.686. The number of benzene rings is 2. The van der Waals surface area contributed by atoms with Gasteiger partial charge in [-0.1, -0.05) is 30.3 Å². The van der Waals surface area contributed by atoms with Gasteiger partial charge in [-0.25, -0.2) is 0 Å². The minimum atomic E-state index is 0.0872. The number of carbonyl (C=O) groups is 1. The fraction of sp³-hybridized carbons (Fsp3) is 0.182. The molecule has 5 nitrogen and oxygen atoms in total. The summed E-state index contributed by atoms with van der Waals surface area (Å²) >= 11 is 0. The number of anilines is 2. The second-order valence-electron chi connectivity index (χ2n) is 6.75. The number of pyridine rings is 1. The highest BCUT2D eigenvalue weighted by atomic mass is 16.7. The lowest BCUT2D eigenvalue weighted by atomic mass is 10.1. The van der Waals surface area contributed by atoms with Gasteiger partial charge in [-0.2, -0.15) is 0 Å². The van der Waals surface area contributed by atoms with E-state index in [1.54, 1.807) is 11.1 Å². The average Bonchev–Trinajstić information content (AvgIpc) is 3.47. The van der Waals surface area contributed by atoms with Crippen LogP contribution in [0.3, 0.4) is 0 Å². The van der Waals surface area contributed by atoms with Crippen molar-refractivity contribution in [2.24, 2.45) is 5.92 Å². The molecule has 2 aliphatic rings. The van der Waals surface area contributed by atoms with Gasteiger partial charge < -0.3 is 9.47 Å². The summed E-state index contributed by atoms with van der Waals surface area (Å²) in [6.45, 7) is 0.211. The van der Waals surface area contributed by atoms with Crippen LogP contribution in [0.4, 0.5) is 11.4 Å². The predicted octanol–water partition coefficient (Wildman–Crippen LogP) is 4.55. The van der Waals surface area contributed by atoms with Gasteiger partial charge in [0.2, 0.25) is 12.7 Å². The fourth-order valence-corrected chi connectivity index (χ4v) is 3.24. The van der Waals surface area contributed by atoms with Crippen molar-refractivity contribution in [3.63, 3.8) is 0 Å². The Morgan fingerprint density at radius 2 is 1.70 bits per heavy atom. The molecule has 1 saturated carbocycles. The lowest BCUT2D eigenvalue weighted by molar-refractivity contribution is -0.119. The number of nitrogens with zero attached hydrogens (tertiary/aromatic N) is 2. The number of hydrogen-bond acceptors (Lipinski definition) is 4. The molecule has 0 N–H and O–H groups in total. The molecule has 5 heteroatoms. The molecule has 0 spiro atoms. The maximum atomic E-state index is 13.0. The highest BCUT2D eigenvalue weighted by Crippen LogP contribution is 2.41. The minimum Gasteiger partial charge on any atom is -0.454 e. The van der Waals surface area contributed by atoms with Crippen LogP contribution in [0.5, 0.6) is 11.5 Å². The summed E-state index contributed by atoms with van der Waals surface area (Å²) in [5.74, 6) is 1.55. The monoisotopic (exact) mass is 358 g/mol. The number of ether oxygens (including phenoxy) is 2. The van der Waals surface area contributed by atoms with Gasteiger partial charge in [0.15, 0.2) is 11.5 Å². The molecular weight excluding hydrogens is 340 g/mol. The van der Waals surface area contributed by atoms with E-state index in [1.165, 1.54) is 0 Å². The lowest BCUT2D eigenvalue weighted by Gasteiger charge is -2.23. The molecule has 27 heavy (non-hydrogen) atoms. The minimum absolute atomic E-state index is 0.0872. The summed E-state index contributed by atoms with van der Waals surface area (Å²) in [5.41, 5.74) is 3.45. The second-order valence-corrected chi connectivity index (χ2v) is 6.75. The number of fused-ring (bicyclic) bond motifs is 1. The van der Waals surface area contributed by atoms with E-state index in [-0.39, 0.29) is 18.6 Å². The molecule has 3 aromatic rings. The zero-order chi connectivity index (χ0) is 18.2. The third kappa shape index (κ3) is 3.01. The van der Waals surface area contributed by atoms with E-state index in [2.05, 4.69) is 4.98 Å². The zero-order valence-electron chi connectivity index (χ0n) is 14.7. The molecule has 0 bridgehead atoms. The highest BCUT2D eigenvalue weighted by molar-refractivity contribution is 6.03. The smallest absolute Gasteiger partial charge is 0.234 e. The summed E-state index contributed by atoms with van der Waals surface area (Å²) in [7, 11) is 0. The zero-order valence-corrected chi connectivity index (χ0v) is 14.7. The maximum absolute atomic E-state index is 13.0. The number of aromatic nitrogens is 1. The Bertz CT molecular complexity index is 982. The molecule has 0 radical (unpaired) electrons. The van der Waals surface area contributed by atoms with E-state index in [9.17, 15) is 4.79 Å². The Hall–Kier alpha value is -3.34. The van der Waals surface area contributed by atoms with Crippen molar-refractivity contribution in [2.45, 2.75) is 12.8 Å². The first-order valence-electron chi connectivity index (χ1n) is 9.05. The SMILES string of the molecule is O=C(C1CC1)N(c1ccc(-c2ccccc2)nc1)c1ccc2c(c1)OCO2. The maximum Gasteiger partial charge on any atom is 0.234 e. The van der Waals surface area contributed by atoms with Crippen molar-refractivity contribution in [2.75, 3.05) is 11.7 Å². The average molecular weight is 358 g/mol. The number of amides is 1. The Labute approximate surface area is 157 Å². The number of rotatable bonds is 4. The normalized spacial score (nSPS) is 14.8. The van der Waals surface area contributed by atoms with Gasteiger partial charge in [-0.05, 0) is 37.1 Å². The van der Waals surface area contributed by atoms with E-state index >= 15 is 0 Å². The van der Waals surface area contributed by atoms with E-state index < -0.39 is 0 Å². The van der Waals surface area contributed by atoms with Crippen LogP contribution in [0.1, 0.15) is 12.8 Å². The van der Waals surface area contributed by atoms with Crippen LogP contribution in [-0.2, 0) is 4.79 Å². The number of hydrogen-bond donors (Lipinski definition) is 0. The third-order valence-electron chi connectivity index (χ3n) is 4.84. The van der Waals surface area contributed by atoms with Gasteiger partial charge in [0, 0.05) is 17.5 Å². The molecule has 1 fully saturated rings. The van der Waals surface area contributed by atoms with Crippen molar-refractivity contribution in [1.29, 1.82) is 0 Å². The first-order valence-corrected chi connectivity index (χ1v) is 9.05. The molecule has 0 saturated heterocycles. The van der Waals surface area contributed by atoms with Crippen LogP contribution in [0.25, 0.3) is 11.3 Å². The first kappa shape index (κ1) is 15.9. The molecule has 1 aromatic heterocycles. The van der Waals surface area contributed by atoms with E-state index in [4.69, 9.17) is 9.47 Å². The Balaban J connectivity index is 1.52. The van der Waals surface area contributed by atoms with E-state index in [0.717, 1.165) is 35.5 Å². The van der Waals surface area contributed by atoms with Crippen LogP contribution < -0.4 is 14.4 Å². The molecular formula is C22H18N2O3. The van der Waals surface area contributed by atoms with E-state index in [0.29, 0.717) is 11.5 Å². The summed E-state index contributed by atoms with van der Waals surface area (Å²) < 4.78 is 10.9. The summed E-state index contributed by atoms with van der Waals surface area (Å²) in [6, 6.07) is 19.5. The molecule has 2 heterocycles. The topological polar surface area (TPSA) is 51.7 Å². The fourth-order valence-electron chi connectivity index (χ4n) is 3.24. The molecule has 1 aliphatic carbocycles. The van der Waals surface area contributed by atoms with Gasteiger partial charge in [-0.15, -0.1) is 0 Å². The van der Waals surface area contributed by atoms with Gasteiger partial charge in [-0.3, -0.25) is 14.7 Å². The van der Waals surface area contributed by atoms with Crippen LogP contribution in [0, 0.1) is 5.92 Å². The second kappa shape index (κ2) is 6.43. The molecule has 5 rings (SSSR count). The van der Waals surface area contributed by atoms with E-state index in [1.807, 2.05) is 60.7 Å². The molecule has 1 aliphatic heterocycles. The first-order chi connectivity index (χ1) is 13.3. The van der Waals surface area contributed by atoms with Crippen molar-refractivity contribution >= 4 is 17.3 Å². The Kier molecular flexibility index (Phi) is 3.78. The molecule has 1 amide bonds. The predicted molar refractivity (Wildman–Crippen MR) is 102 cm³/mol. The lowest BCUT2D eigenvalue weighted by Crippen LogP contribution is -2.27. The molecule has 0 unspecified atom stereocenters. The standard InChI is InChI=1S/C22H18N2O3/c25-22(16-6-7-16)24(17-9-11-20-21(12-17)27-14-26-20)18-8-10-19(23-13-18)15-4-2-1-3-5-15/h1-5,8-13,16H,6-7,14H2. The highest BCUT2D eigenvalue weighted by Gasteiger charge is 2.35. The summed E-state index contributed by atoms with van der Waals surface area (Å²) in [4.78, 5) is 19.3. The molecule has 2 aromatic carbocycles. The third-order valence-corrected chi connectivity index (χ3v) is 4.84. The van der Waals surface area contributed by atoms with Gasteiger partial charge in [0.25, 0.3) is 0 Å². The summed E-state index contributed by atoms with van der Waals surface area (Å²) in [6.07, 6.45) is 3.64. The summed E-state index contributed by atoms with van der Waals surface area (Å²) in [5, 5.41) is 0. The molecule has 134 valence electrons. The largest absolute Gasteiger partial charge is 0.454 e. The molecule has 0 atom stereocenters. The van der Waals surface area contributed by atoms with Crippen molar-refractivity contribution in [3.05, 3.63) is 66.9 Å². The number of carbonyl (C=O) groups excluding carboxylic acids is 1.